The Labute approximate surface area is 229 Å². The molecule has 2 aliphatic rings. The first kappa shape index (κ1) is 29.4. The summed E-state index contributed by atoms with van der Waals surface area (Å²) < 4.78 is 51.7. The molecule has 2 heterocycles. The molecule has 0 aromatic heterocycles. The number of amides is 1. The predicted octanol–water partition coefficient (Wildman–Crippen LogP) is 6.47. The molecule has 0 radical (unpaired) electrons. The third-order valence-electron chi connectivity index (χ3n) is 7.89. The van der Waals surface area contributed by atoms with Crippen LogP contribution in [0, 0.1) is 24.0 Å². The Morgan fingerprint density at radius 1 is 1.13 bits per heavy atom. The van der Waals surface area contributed by atoms with Crippen molar-refractivity contribution in [1.82, 2.24) is 5.48 Å². The summed E-state index contributed by atoms with van der Waals surface area (Å²) in [6.07, 6.45) is 5.54. The second kappa shape index (κ2) is 13.2. The minimum absolute atomic E-state index is 0.0952. The number of hydrogen-bond acceptors (Lipinski definition) is 6. The van der Waals surface area contributed by atoms with Crippen LogP contribution >= 0.6 is 0 Å². The number of benzene rings is 2. The summed E-state index contributed by atoms with van der Waals surface area (Å²) >= 11 is 0. The molecule has 0 aliphatic carbocycles. The van der Waals surface area contributed by atoms with Crippen LogP contribution in [0.1, 0.15) is 69.9 Å². The highest BCUT2D eigenvalue weighted by Crippen LogP contribution is 2.46. The van der Waals surface area contributed by atoms with Crippen LogP contribution in [-0.4, -0.2) is 38.6 Å². The van der Waals surface area contributed by atoms with Gasteiger partial charge in [-0.3, -0.25) is 4.79 Å². The summed E-state index contributed by atoms with van der Waals surface area (Å²) in [4.78, 5) is 17.3. The lowest BCUT2D eigenvalue weighted by Crippen LogP contribution is -2.42. The minimum Gasteiger partial charge on any atom is -0.457 e. The van der Waals surface area contributed by atoms with Crippen molar-refractivity contribution in [3.05, 3.63) is 59.2 Å². The molecule has 39 heavy (non-hydrogen) atoms. The van der Waals surface area contributed by atoms with Crippen molar-refractivity contribution in [1.29, 1.82) is 0 Å². The van der Waals surface area contributed by atoms with E-state index in [1.807, 2.05) is 6.92 Å². The van der Waals surface area contributed by atoms with Gasteiger partial charge in [0.2, 0.25) is 0 Å². The normalized spacial score (nSPS) is 25.3. The van der Waals surface area contributed by atoms with Gasteiger partial charge in [-0.05, 0) is 87.1 Å². The van der Waals surface area contributed by atoms with Crippen LogP contribution in [0.5, 0.6) is 11.5 Å². The molecule has 0 spiro atoms. The Hall–Kier alpha value is -2.59. The van der Waals surface area contributed by atoms with E-state index >= 15 is 0 Å². The highest BCUT2D eigenvalue weighted by atomic mass is 19.1. The zero-order valence-corrected chi connectivity index (χ0v) is 23.0. The lowest BCUT2D eigenvalue weighted by atomic mass is 9.72. The number of rotatable bonds is 11. The quantitative estimate of drug-likeness (QED) is 0.257. The Morgan fingerprint density at radius 2 is 1.97 bits per heavy atom. The van der Waals surface area contributed by atoms with Gasteiger partial charge in [-0.1, -0.05) is 13.0 Å². The largest absolute Gasteiger partial charge is 0.457 e. The van der Waals surface area contributed by atoms with Crippen molar-refractivity contribution in [2.24, 2.45) is 5.41 Å². The summed E-state index contributed by atoms with van der Waals surface area (Å²) in [5.41, 5.74) is 2.78. The molecule has 2 aliphatic heterocycles. The third-order valence-corrected chi connectivity index (χ3v) is 7.89. The first-order valence-corrected chi connectivity index (χ1v) is 13.7. The van der Waals surface area contributed by atoms with Gasteiger partial charge in [-0.25, -0.2) is 19.1 Å². The number of ether oxygens (including phenoxy) is 4. The molecule has 2 saturated heterocycles. The molecule has 9 heteroatoms. The van der Waals surface area contributed by atoms with Gasteiger partial charge < -0.3 is 18.9 Å². The number of carbonyl (C=O) groups excluding carboxylic acids is 1. The smallest absolute Gasteiger partial charge is 0.269 e. The lowest BCUT2D eigenvalue weighted by molar-refractivity contribution is -0.202. The van der Waals surface area contributed by atoms with Gasteiger partial charge in [0.05, 0.1) is 12.2 Å². The number of hydroxylamine groups is 1. The predicted molar refractivity (Wildman–Crippen MR) is 141 cm³/mol. The Morgan fingerprint density at radius 3 is 2.67 bits per heavy atom. The van der Waals surface area contributed by atoms with Crippen molar-refractivity contribution in [2.45, 2.75) is 77.6 Å². The summed E-state index contributed by atoms with van der Waals surface area (Å²) in [7, 11) is 0. The average Bonchev–Trinajstić information content (AvgIpc) is 2.93. The zero-order chi connectivity index (χ0) is 27.9. The third kappa shape index (κ3) is 7.97. The molecule has 3 atom stereocenters. The molecule has 0 saturated carbocycles. The van der Waals surface area contributed by atoms with E-state index in [1.165, 1.54) is 18.2 Å². The molecule has 7 nitrogen and oxygen atoms in total. The van der Waals surface area contributed by atoms with E-state index in [-0.39, 0.29) is 29.5 Å². The summed E-state index contributed by atoms with van der Waals surface area (Å²) in [6, 6.07) is 9.06. The average molecular weight is 548 g/mol. The fraction of sp³-hybridized carbons (Fsp3) is 0.567. The van der Waals surface area contributed by atoms with Gasteiger partial charge >= 0.3 is 0 Å². The second-order valence-electron chi connectivity index (χ2n) is 10.8. The van der Waals surface area contributed by atoms with Crippen molar-refractivity contribution < 1.29 is 37.4 Å². The summed E-state index contributed by atoms with van der Waals surface area (Å²) in [5, 5.41) is 0. The van der Waals surface area contributed by atoms with Gasteiger partial charge in [-0.15, -0.1) is 0 Å². The first-order chi connectivity index (χ1) is 18.7. The van der Waals surface area contributed by atoms with Gasteiger partial charge in [0.15, 0.2) is 6.29 Å². The molecular weight excluding hydrogens is 508 g/mol. The van der Waals surface area contributed by atoms with Crippen LogP contribution in [0.25, 0.3) is 0 Å². The zero-order valence-electron chi connectivity index (χ0n) is 23.0. The van der Waals surface area contributed by atoms with E-state index in [4.69, 9.17) is 23.8 Å². The Kier molecular flexibility index (Phi) is 9.93. The molecule has 2 aromatic carbocycles. The van der Waals surface area contributed by atoms with Crippen LogP contribution < -0.4 is 10.2 Å². The minimum atomic E-state index is -0.698. The first-order valence-electron chi connectivity index (χ1n) is 13.7. The van der Waals surface area contributed by atoms with Crippen molar-refractivity contribution >= 4 is 5.91 Å². The Balaban J connectivity index is 1.28. The van der Waals surface area contributed by atoms with Crippen LogP contribution in [0.2, 0.25) is 0 Å². The van der Waals surface area contributed by atoms with E-state index in [9.17, 15) is 13.6 Å². The van der Waals surface area contributed by atoms with Crippen molar-refractivity contribution in [2.75, 3.05) is 26.4 Å². The van der Waals surface area contributed by atoms with Crippen LogP contribution in [0.4, 0.5) is 8.78 Å². The molecule has 214 valence electrons. The van der Waals surface area contributed by atoms with Crippen LogP contribution in [0.15, 0.2) is 36.4 Å². The maximum absolute atomic E-state index is 14.6. The van der Waals surface area contributed by atoms with Gasteiger partial charge in [0.1, 0.15) is 29.7 Å². The Bertz CT molecular complexity index is 1110. The summed E-state index contributed by atoms with van der Waals surface area (Å²) in [5.74, 6) is -0.583. The number of halogens is 2. The van der Waals surface area contributed by atoms with E-state index in [2.05, 4.69) is 12.4 Å². The molecule has 4 rings (SSSR count). The van der Waals surface area contributed by atoms with Gasteiger partial charge in [0.25, 0.3) is 5.91 Å². The van der Waals surface area contributed by atoms with Crippen LogP contribution in [-0.2, 0) is 29.4 Å². The number of carbonyl (C=O) groups is 1. The molecule has 2 aromatic rings. The molecule has 1 amide bonds. The SMILES string of the molecule is CCC1(CCOCC(=O)NOC2CCCCO2)CCC(C)(c2cc(F)cc(Oc3ccc(C)c(F)c3)c2)OC1. The van der Waals surface area contributed by atoms with Gasteiger partial charge in [0, 0.05) is 31.8 Å². The van der Waals surface area contributed by atoms with Crippen molar-refractivity contribution in [3.8, 4) is 11.5 Å². The van der Waals surface area contributed by atoms with E-state index in [1.54, 1.807) is 25.1 Å². The van der Waals surface area contributed by atoms with E-state index in [0.717, 1.165) is 38.5 Å². The second-order valence-corrected chi connectivity index (χ2v) is 10.8. The number of hydrogen-bond donors (Lipinski definition) is 1. The molecule has 2 fully saturated rings. The number of aryl methyl sites for hydroxylation is 1. The highest BCUT2D eigenvalue weighted by molar-refractivity contribution is 5.76. The molecule has 0 bridgehead atoms. The number of nitrogens with one attached hydrogen (secondary N) is 1. The standard InChI is InChI=1S/C30H39F2NO6/c1-4-30(12-14-35-19-27(34)33-39-28-7-5-6-13-36-28)11-10-29(3,37-20-30)22-15-23(31)17-25(16-22)38-24-9-8-21(2)26(32)18-24/h8-9,15-18,28H,4-7,10-14,19-20H2,1-3H3,(H,33,34). The van der Waals surface area contributed by atoms with Crippen molar-refractivity contribution in [3.63, 3.8) is 0 Å². The molecule has 3 unspecified atom stereocenters. The lowest BCUT2D eigenvalue weighted by Gasteiger charge is -2.45. The molecular formula is C30H39F2NO6. The topological polar surface area (TPSA) is 75.3 Å². The highest BCUT2D eigenvalue weighted by Gasteiger charge is 2.41. The van der Waals surface area contributed by atoms with Gasteiger partial charge in [-0.2, -0.15) is 0 Å². The molecule has 1 N–H and O–H groups in total. The van der Waals surface area contributed by atoms with E-state index < -0.39 is 17.7 Å². The van der Waals surface area contributed by atoms with E-state index in [0.29, 0.717) is 43.1 Å². The monoisotopic (exact) mass is 547 g/mol. The maximum atomic E-state index is 14.6. The fourth-order valence-corrected chi connectivity index (χ4v) is 4.96. The summed E-state index contributed by atoms with van der Waals surface area (Å²) in [6.45, 7) is 7.17. The maximum Gasteiger partial charge on any atom is 0.269 e. The fourth-order valence-electron chi connectivity index (χ4n) is 4.96. The van der Waals surface area contributed by atoms with Crippen LogP contribution in [0.3, 0.4) is 0 Å².